The molecule has 0 aliphatic carbocycles. The minimum atomic E-state index is -4.11. The van der Waals surface area contributed by atoms with E-state index in [2.05, 4.69) is 10.6 Å². The number of alkyl halides is 3. The predicted molar refractivity (Wildman–Crippen MR) is 83.5 cm³/mol. The number of rotatable bonds is 6. The fraction of sp³-hybridized carbons (Fsp3) is 0.562. The first-order valence-electron chi connectivity index (χ1n) is 7.72. The lowest BCUT2D eigenvalue weighted by Crippen LogP contribution is -2.31. The van der Waals surface area contributed by atoms with Crippen molar-refractivity contribution < 1.29 is 18.0 Å². The molecule has 1 heterocycles. The van der Waals surface area contributed by atoms with Crippen molar-refractivity contribution in [2.75, 3.05) is 38.5 Å². The van der Waals surface area contributed by atoms with Gasteiger partial charge in [-0.2, -0.15) is 13.2 Å². The van der Waals surface area contributed by atoms with Crippen LogP contribution in [0.15, 0.2) is 24.3 Å². The number of likely N-dealkylation sites (tertiary alicyclic amines) is 1. The smallest absolute Gasteiger partial charge is 0.388 e. The van der Waals surface area contributed by atoms with Crippen LogP contribution in [-0.2, 0) is 0 Å². The Hall–Kier alpha value is -1.76. The summed E-state index contributed by atoms with van der Waals surface area (Å²) in [5.74, 6) is 0.0603. The second-order valence-electron chi connectivity index (χ2n) is 5.86. The summed E-state index contributed by atoms with van der Waals surface area (Å²) in [6.07, 6.45) is -4.06. The number of carbonyl (C=O) groups excluding carboxylic acids is 1. The average molecular weight is 329 g/mol. The molecule has 2 N–H and O–H groups in total. The Morgan fingerprint density at radius 2 is 2.00 bits per heavy atom. The van der Waals surface area contributed by atoms with Crippen LogP contribution in [0.4, 0.5) is 18.9 Å². The largest absolute Gasteiger partial charge is 0.390 e. The first-order valence-corrected chi connectivity index (χ1v) is 7.72. The molecule has 1 aliphatic rings. The zero-order chi connectivity index (χ0) is 16.9. The minimum absolute atomic E-state index is 0.0411. The van der Waals surface area contributed by atoms with Gasteiger partial charge in [-0.15, -0.1) is 0 Å². The summed E-state index contributed by atoms with van der Waals surface area (Å²) in [7, 11) is 1.81. The normalized spacial score (nSPS) is 18.9. The molecule has 0 aromatic heterocycles. The third-order valence-electron chi connectivity index (χ3n) is 4.07. The molecule has 7 heteroatoms. The van der Waals surface area contributed by atoms with Crippen LogP contribution >= 0.6 is 0 Å². The number of carbonyl (C=O) groups is 1. The first kappa shape index (κ1) is 17.6. The quantitative estimate of drug-likeness (QED) is 0.843. The number of nitrogens with one attached hydrogen (secondary N) is 2. The molecule has 0 radical (unpaired) electrons. The van der Waals surface area contributed by atoms with Crippen LogP contribution in [0.25, 0.3) is 0 Å². The predicted octanol–water partition coefficient (Wildman–Crippen LogP) is 2.73. The summed E-state index contributed by atoms with van der Waals surface area (Å²) in [6, 6.07) is 7.13. The molecule has 23 heavy (non-hydrogen) atoms. The van der Waals surface area contributed by atoms with Gasteiger partial charge in [-0.25, -0.2) is 0 Å². The summed E-state index contributed by atoms with van der Waals surface area (Å²) < 4.78 is 36.6. The molecule has 2 rings (SSSR count). The van der Waals surface area contributed by atoms with E-state index in [0.29, 0.717) is 25.2 Å². The molecule has 1 aromatic rings. The molecule has 1 fully saturated rings. The van der Waals surface area contributed by atoms with Crippen molar-refractivity contribution in [3.63, 3.8) is 0 Å². The number of halogens is 3. The van der Waals surface area contributed by atoms with E-state index in [1.807, 2.05) is 17.0 Å². The molecule has 0 saturated carbocycles. The fourth-order valence-electron chi connectivity index (χ4n) is 2.69. The highest BCUT2D eigenvalue weighted by Crippen LogP contribution is 2.22. The summed E-state index contributed by atoms with van der Waals surface area (Å²) in [6.45, 7) is 1.80. The van der Waals surface area contributed by atoms with Crippen LogP contribution in [-0.4, -0.2) is 50.2 Å². The number of benzene rings is 1. The minimum Gasteiger partial charge on any atom is -0.388 e. The van der Waals surface area contributed by atoms with E-state index >= 15 is 0 Å². The van der Waals surface area contributed by atoms with Gasteiger partial charge in [-0.05, 0) is 43.1 Å². The molecule has 1 aliphatic heterocycles. The van der Waals surface area contributed by atoms with Crippen molar-refractivity contribution in [2.24, 2.45) is 5.92 Å². The van der Waals surface area contributed by atoms with Crippen LogP contribution in [0.3, 0.4) is 0 Å². The van der Waals surface area contributed by atoms with Crippen molar-refractivity contribution >= 4 is 11.6 Å². The standard InChI is InChI=1S/C16H22F3N3O/c1-20-14-4-2-13(3-5-14)15(23)21-10-12-6-8-22(11-12)9-7-16(17,18)19/h2-5,12,20H,6-11H2,1H3,(H,21,23)/t12-/m0/s1. The molecule has 0 bridgehead atoms. The zero-order valence-corrected chi connectivity index (χ0v) is 13.1. The molecule has 1 aromatic carbocycles. The van der Waals surface area contributed by atoms with Crippen LogP contribution in [0.5, 0.6) is 0 Å². The van der Waals surface area contributed by atoms with Gasteiger partial charge >= 0.3 is 6.18 Å². The molecule has 1 atom stereocenters. The summed E-state index contributed by atoms with van der Waals surface area (Å²) in [5.41, 5.74) is 1.51. The van der Waals surface area contributed by atoms with Crippen LogP contribution < -0.4 is 10.6 Å². The van der Waals surface area contributed by atoms with Crippen LogP contribution in [0.1, 0.15) is 23.2 Å². The van der Waals surface area contributed by atoms with Gasteiger partial charge in [-0.3, -0.25) is 4.79 Å². The number of hydrogen-bond acceptors (Lipinski definition) is 3. The van der Waals surface area contributed by atoms with E-state index < -0.39 is 12.6 Å². The van der Waals surface area contributed by atoms with Gasteiger partial charge < -0.3 is 15.5 Å². The lowest BCUT2D eigenvalue weighted by atomic mass is 10.1. The maximum atomic E-state index is 12.2. The topological polar surface area (TPSA) is 44.4 Å². The van der Waals surface area contributed by atoms with Gasteiger partial charge in [0.05, 0.1) is 6.42 Å². The van der Waals surface area contributed by atoms with Crippen molar-refractivity contribution in [3.05, 3.63) is 29.8 Å². The highest BCUT2D eigenvalue weighted by atomic mass is 19.4. The number of nitrogens with zero attached hydrogens (tertiary/aromatic N) is 1. The Labute approximate surface area is 134 Å². The third-order valence-corrected chi connectivity index (χ3v) is 4.07. The Morgan fingerprint density at radius 3 is 2.61 bits per heavy atom. The second kappa shape index (κ2) is 7.68. The van der Waals surface area contributed by atoms with E-state index in [1.54, 1.807) is 19.2 Å². The highest BCUT2D eigenvalue weighted by molar-refractivity contribution is 5.94. The fourth-order valence-corrected chi connectivity index (χ4v) is 2.69. The maximum Gasteiger partial charge on any atom is 0.390 e. The zero-order valence-electron chi connectivity index (χ0n) is 13.1. The van der Waals surface area contributed by atoms with Gasteiger partial charge in [0, 0.05) is 37.9 Å². The van der Waals surface area contributed by atoms with Gasteiger partial charge in [0.1, 0.15) is 0 Å². The summed E-state index contributed by atoms with van der Waals surface area (Å²) in [5, 5.41) is 5.84. The van der Waals surface area contributed by atoms with E-state index in [9.17, 15) is 18.0 Å². The lowest BCUT2D eigenvalue weighted by molar-refractivity contribution is -0.137. The Bertz CT molecular complexity index is 516. The Kier molecular flexibility index (Phi) is 5.87. The summed E-state index contributed by atoms with van der Waals surface area (Å²) >= 11 is 0. The molecule has 1 amide bonds. The van der Waals surface area contributed by atoms with E-state index in [-0.39, 0.29) is 18.4 Å². The van der Waals surface area contributed by atoms with Gasteiger partial charge in [-0.1, -0.05) is 0 Å². The van der Waals surface area contributed by atoms with Gasteiger partial charge in [0.2, 0.25) is 0 Å². The van der Waals surface area contributed by atoms with Crippen molar-refractivity contribution in [2.45, 2.75) is 19.0 Å². The van der Waals surface area contributed by atoms with Crippen molar-refractivity contribution in [3.8, 4) is 0 Å². The molecular weight excluding hydrogens is 307 g/mol. The first-order chi connectivity index (χ1) is 10.9. The van der Waals surface area contributed by atoms with Crippen LogP contribution in [0.2, 0.25) is 0 Å². The molecular formula is C16H22F3N3O. The average Bonchev–Trinajstić information content (AvgIpc) is 2.98. The van der Waals surface area contributed by atoms with Crippen LogP contribution in [0, 0.1) is 5.92 Å². The second-order valence-corrected chi connectivity index (χ2v) is 5.86. The molecule has 4 nitrogen and oxygen atoms in total. The molecule has 0 spiro atoms. The summed E-state index contributed by atoms with van der Waals surface area (Å²) in [4.78, 5) is 13.9. The van der Waals surface area contributed by atoms with E-state index in [4.69, 9.17) is 0 Å². The number of anilines is 1. The maximum absolute atomic E-state index is 12.2. The SMILES string of the molecule is CNc1ccc(C(=O)NC[C@@H]2CCN(CCC(F)(F)F)C2)cc1. The van der Waals surface area contributed by atoms with Crippen molar-refractivity contribution in [1.29, 1.82) is 0 Å². The highest BCUT2D eigenvalue weighted by Gasteiger charge is 2.30. The monoisotopic (exact) mass is 329 g/mol. The van der Waals surface area contributed by atoms with Gasteiger partial charge in [0.15, 0.2) is 0 Å². The third kappa shape index (κ3) is 5.74. The molecule has 1 saturated heterocycles. The number of amides is 1. The number of hydrogen-bond donors (Lipinski definition) is 2. The van der Waals surface area contributed by atoms with Gasteiger partial charge in [0.25, 0.3) is 5.91 Å². The Morgan fingerprint density at radius 1 is 1.30 bits per heavy atom. The van der Waals surface area contributed by atoms with E-state index in [1.165, 1.54) is 0 Å². The Balaban J connectivity index is 1.72. The van der Waals surface area contributed by atoms with E-state index in [0.717, 1.165) is 12.1 Å². The van der Waals surface area contributed by atoms with Crippen molar-refractivity contribution in [1.82, 2.24) is 10.2 Å². The molecule has 0 unspecified atom stereocenters. The lowest BCUT2D eigenvalue weighted by Gasteiger charge is -2.17. The molecule has 128 valence electrons.